The number of hydrogen-bond donors (Lipinski definition) is 1. The number of rotatable bonds is 4. The zero-order chi connectivity index (χ0) is 21.4. The summed E-state index contributed by atoms with van der Waals surface area (Å²) in [5.41, 5.74) is 2.55. The highest BCUT2D eigenvalue weighted by Gasteiger charge is 2.18. The fourth-order valence-corrected chi connectivity index (χ4v) is 4.68. The molecule has 0 radical (unpaired) electrons. The van der Waals surface area contributed by atoms with Crippen LogP contribution in [0.15, 0.2) is 68.0 Å². The summed E-state index contributed by atoms with van der Waals surface area (Å²) < 4.78 is 3.76. The van der Waals surface area contributed by atoms with Gasteiger partial charge in [-0.1, -0.05) is 28.1 Å². The molecule has 152 valence electrons. The van der Waals surface area contributed by atoms with E-state index in [1.807, 2.05) is 32.0 Å². The predicted octanol–water partition coefficient (Wildman–Crippen LogP) is 4.23. The molecular weight excluding hydrogens is 466 g/mol. The smallest absolute Gasteiger partial charge is 0.324 e. The Labute approximate surface area is 184 Å². The summed E-state index contributed by atoms with van der Waals surface area (Å²) in [6.45, 7) is 3.62. The van der Waals surface area contributed by atoms with Crippen molar-refractivity contribution in [2.75, 3.05) is 5.32 Å². The summed E-state index contributed by atoms with van der Waals surface area (Å²) >= 11 is 4.63. The van der Waals surface area contributed by atoms with Crippen LogP contribution >= 0.6 is 27.3 Å². The Bertz CT molecular complexity index is 1380. The van der Waals surface area contributed by atoms with Gasteiger partial charge in [-0.25, -0.2) is 9.36 Å². The first kappa shape index (κ1) is 20.3. The summed E-state index contributed by atoms with van der Waals surface area (Å²) in [5.74, 6) is -0.353. The number of benzene rings is 2. The number of halogens is 1. The van der Waals surface area contributed by atoms with Crippen LogP contribution in [0.5, 0.6) is 0 Å². The number of nitrogens with zero attached hydrogens (tertiary/aromatic N) is 2. The van der Waals surface area contributed by atoms with Crippen LogP contribution in [0.3, 0.4) is 0 Å². The second-order valence-electron chi connectivity index (χ2n) is 7.05. The first-order valence-electron chi connectivity index (χ1n) is 9.20. The fourth-order valence-electron chi connectivity index (χ4n) is 3.46. The molecule has 0 atom stereocenters. The number of carbonyl (C=O) groups is 1. The maximum Gasteiger partial charge on any atom is 0.336 e. The standard InChI is InChI=1S/C22H18BrN3O3S/c1-13-8-14(2)10-17(9-13)26-21(28)20-18(6-7-30-20)25(22(26)29)12-19(27)24-16-5-3-4-15(23)11-16/h3-11H,12H2,1-2H3,(H,24,27). The Morgan fingerprint density at radius 1 is 1.07 bits per heavy atom. The molecule has 0 saturated carbocycles. The maximum atomic E-state index is 13.3. The summed E-state index contributed by atoms with van der Waals surface area (Å²) in [6.07, 6.45) is 0. The Morgan fingerprint density at radius 2 is 1.80 bits per heavy atom. The van der Waals surface area contributed by atoms with Gasteiger partial charge < -0.3 is 5.32 Å². The Balaban J connectivity index is 1.82. The first-order valence-corrected chi connectivity index (χ1v) is 10.9. The number of hydrogen-bond acceptors (Lipinski definition) is 4. The minimum Gasteiger partial charge on any atom is -0.324 e. The molecule has 2 aromatic carbocycles. The minimum atomic E-state index is -0.541. The highest BCUT2D eigenvalue weighted by Crippen LogP contribution is 2.19. The molecule has 0 spiro atoms. The summed E-state index contributed by atoms with van der Waals surface area (Å²) in [7, 11) is 0. The van der Waals surface area contributed by atoms with Crippen LogP contribution < -0.4 is 16.6 Å². The van der Waals surface area contributed by atoms with Gasteiger partial charge in [-0.15, -0.1) is 11.3 Å². The SMILES string of the molecule is Cc1cc(C)cc(-n2c(=O)c3sccc3n(CC(=O)Nc3cccc(Br)c3)c2=O)c1. The quantitative estimate of drug-likeness (QED) is 0.471. The number of amides is 1. The molecule has 30 heavy (non-hydrogen) atoms. The van der Waals surface area contributed by atoms with Crippen molar-refractivity contribution in [2.24, 2.45) is 0 Å². The number of aryl methyl sites for hydroxylation is 2. The van der Waals surface area contributed by atoms with Crippen molar-refractivity contribution >= 4 is 49.1 Å². The van der Waals surface area contributed by atoms with Crippen LogP contribution in [0.1, 0.15) is 11.1 Å². The molecule has 2 aromatic heterocycles. The lowest BCUT2D eigenvalue weighted by Gasteiger charge is -2.13. The van der Waals surface area contributed by atoms with Gasteiger partial charge in [-0.05, 0) is 66.8 Å². The van der Waals surface area contributed by atoms with Gasteiger partial charge in [0.15, 0.2) is 0 Å². The van der Waals surface area contributed by atoms with Gasteiger partial charge in [0.25, 0.3) is 5.56 Å². The topological polar surface area (TPSA) is 73.1 Å². The highest BCUT2D eigenvalue weighted by atomic mass is 79.9. The van der Waals surface area contributed by atoms with E-state index >= 15 is 0 Å². The fraction of sp³-hybridized carbons (Fsp3) is 0.136. The molecule has 0 bridgehead atoms. The van der Waals surface area contributed by atoms with Crippen molar-refractivity contribution < 1.29 is 4.79 Å². The third-order valence-corrected chi connectivity index (χ3v) is 6.01. The minimum absolute atomic E-state index is 0.205. The largest absolute Gasteiger partial charge is 0.336 e. The molecule has 4 aromatic rings. The van der Waals surface area contributed by atoms with Crippen molar-refractivity contribution in [2.45, 2.75) is 20.4 Å². The summed E-state index contributed by atoms with van der Waals surface area (Å²) in [5, 5.41) is 4.54. The normalized spacial score (nSPS) is 11.0. The molecule has 0 saturated heterocycles. The molecule has 0 unspecified atom stereocenters. The second-order valence-corrected chi connectivity index (χ2v) is 8.88. The van der Waals surface area contributed by atoms with E-state index in [1.165, 1.54) is 15.9 Å². The predicted molar refractivity (Wildman–Crippen MR) is 124 cm³/mol. The van der Waals surface area contributed by atoms with Crippen molar-refractivity contribution in [3.8, 4) is 5.69 Å². The van der Waals surface area contributed by atoms with Gasteiger partial charge in [0.2, 0.25) is 5.91 Å². The lowest BCUT2D eigenvalue weighted by atomic mass is 10.1. The summed E-state index contributed by atoms with van der Waals surface area (Å²) in [4.78, 5) is 39.0. The van der Waals surface area contributed by atoms with E-state index in [1.54, 1.807) is 35.7 Å². The number of aromatic nitrogens is 2. The van der Waals surface area contributed by atoms with Gasteiger partial charge in [0.1, 0.15) is 11.2 Å². The molecule has 0 fully saturated rings. The number of anilines is 1. The molecule has 0 aliphatic carbocycles. The van der Waals surface area contributed by atoms with Gasteiger partial charge >= 0.3 is 5.69 Å². The molecule has 1 amide bonds. The van der Waals surface area contributed by atoms with Crippen LogP contribution in [0, 0.1) is 13.8 Å². The molecule has 8 heteroatoms. The average molecular weight is 484 g/mol. The molecular formula is C22H18BrN3O3S. The van der Waals surface area contributed by atoms with Crippen molar-refractivity contribution in [3.05, 3.63) is 90.3 Å². The lowest BCUT2D eigenvalue weighted by molar-refractivity contribution is -0.116. The van der Waals surface area contributed by atoms with Gasteiger partial charge in [-0.3, -0.25) is 14.2 Å². The van der Waals surface area contributed by atoms with Gasteiger partial charge in [0.05, 0.1) is 11.2 Å². The molecule has 4 rings (SSSR count). The van der Waals surface area contributed by atoms with Crippen molar-refractivity contribution in [1.82, 2.24) is 9.13 Å². The van der Waals surface area contributed by atoms with E-state index < -0.39 is 5.69 Å². The molecule has 2 heterocycles. The third kappa shape index (κ3) is 3.88. The van der Waals surface area contributed by atoms with Gasteiger partial charge in [-0.2, -0.15) is 0 Å². The Morgan fingerprint density at radius 3 is 2.50 bits per heavy atom. The van der Waals surface area contributed by atoms with Crippen molar-refractivity contribution in [1.29, 1.82) is 0 Å². The van der Waals surface area contributed by atoms with Crippen LogP contribution in [0.25, 0.3) is 15.9 Å². The lowest BCUT2D eigenvalue weighted by Crippen LogP contribution is -2.40. The molecule has 1 N–H and O–H groups in total. The maximum absolute atomic E-state index is 13.3. The summed E-state index contributed by atoms with van der Waals surface area (Å²) in [6, 6.07) is 14.5. The van der Waals surface area contributed by atoms with Crippen molar-refractivity contribution in [3.63, 3.8) is 0 Å². The number of thiophene rings is 1. The van der Waals surface area contributed by atoms with Crippen LogP contribution in [0.2, 0.25) is 0 Å². The van der Waals surface area contributed by atoms with Gasteiger partial charge in [0, 0.05) is 10.2 Å². The monoisotopic (exact) mass is 483 g/mol. The molecule has 0 aliphatic heterocycles. The van der Waals surface area contributed by atoms with E-state index in [0.29, 0.717) is 21.6 Å². The van der Waals surface area contributed by atoms with E-state index in [2.05, 4.69) is 21.2 Å². The molecule has 0 aliphatic rings. The van der Waals surface area contributed by atoms with E-state index in [9.17, 15) is 14.4 Å². The zero-order valence-corrected chi connectivity index (χ0v) is 18.7. The average Bonchev–Trinajstić information content (AvgIpc) is 3.14. The highest BCUT2D eigenvalue weighted by molar-refractivity contribution is 9.10. The second kappa shape index (κ2) is 8.04. The van der Waals surface area contributed by atoms with E-state index in [-0.39, 0.29) is 18.0 Å². The Kier molecular flexibility index (Phi) is 5.44. The van der Waals surface area contributed by atoms with E-state index in [4.69, 9.17) is 0 Å². The number of fused-ring (bicyclic) bond motifs is 1. The van der Waals surface area contributed by atoms with Crippen LogP contribution in [-0.2, 0) is 11.3 Å². The zero-order valence-electron chi connectivity index (χ0n) is 16.3. The molecule has 6 nitrogen and oxygen atoms in total. The number of carbonyl (C=O) groups excluding carboxylic acids is 1. The van der Waals surface area contributed by atoms with E-state index in [0.717, 1.165) is 20.2 Å². The van der Waals surface area contributed by atoms with Crippen LogP contribution in [-0.4, -0.2) is 15.0 Å². The third-order valence-electron chi connectivity index (χ3n) is 4.63. The van der Waals surface area contributed by atoms with Crippen LogP contribution in [0.4, 0.5) is 5.69 Å². The Hall–Kier alpha value is -2.97. The number of nitrogens with one attached hydrogen (secondary N) is 1. The first-order chi connectivity index (χ1) is 14.3.